The van der Waals surface area contributed by atoms with Gasteiger partial charge in [0, 0.05) is 16.1 Å². The first kappa shape index (κ1) is 27.4. The largest absolute Gasteiger partial charge is 0.495 e. The molecule has 2 heterocycles. The van der Waals surface area contributed by atoms with Crippen molar-refractivity contribution in [3.8, 4) is 11.5 Å². The predicted octanol–water partition coefficient (Wildman–Crippen LogP) is 4.85. The van der Waals surface area contributed by atoms with E-state index >= 15 is 0 Å². The summed E-state index contributed by atoms with van der Waals surface area (Å²) in [5.74, 6) is 0.680. The van der Waals surface area contributed by atoms with Crippen LogP contribution in [-0.2, 0) is 9.53 Å². The van der Waals surface area contributed by atoms with E-state index in [0.29, 0.717) is 48.3 Å². The molecule has 194 valence electrons. The third-order valence-corrected chi connectivity index (χ3v) is 7.62. The van der Waals surface area contributed by atoms with Gasteiger partial charge in [-0.25, -0.2) is 9.79 Å². The summed E-state index contributed by atoms with van der Waals surface area (Å²) >= 11 is 9.68. The summed E-state index contributed by atoms with van der Waals surface area (Å²) in [7, 11) is 1.57. The first-order valence-corrected chi connectivity index (χ1v) is 13.9. The van der Waals surface area contributed by atoms with Crippen molar-refractivity contribution in [2.75, 3.05) is 13.7 Å². The van der Waals surface area contributed by atoms with Crippen LogP contribution in [0.25, 0.3) is 6.08 Å². The Hall–Kier alpha value is -2.63. The maximum atomic E-state index is 13.9. The summed E-state index contributed by atoms with van der Waals surface area (Å²) in [4.78, 5) is 32.2. The topological polar surface area (TPSA) is 79.1 Å². The normalized spacial score (nSPS) is 15.5. The van der Waals surface area contributed by atoms with Crippen LogP contribution in [0.15, 0.2) is 57.5 Å². The molecule has 0 spiro atoms. The number of rotatable bonds is 7. The summed E-state index contributed by atoms with van der Waals surface area (Å²) in [6.07, 6.45) is 1.64. The highest BCUT2D eigenvalue weighted by molar-refractivity contribution is 14.1. The molecule has 4 rings (SSSR count). The number of allylic oxidation sites excluding steroid dienone is 1. The molecule has 3 aromatic rings. The number of aromatic nitrogens is 1. The average Bonchev–Trinajstić information content (AvgIpc) is 3.12. The summed E-state index contributed by atoms with van der Waals surface area (Å²) in [5, 5.41) is 0.530. The minimum absolute atomic E-state index is 0.106. The molecule has 0 fully saturated rings. The minimum atomic E-state index is -0.770. The Bertz CT molecular complexity index is 1570. The molecule has 1 aromatic heterocycles. The van der Waals surface area contributed by atoms with Gasteiger partial charge in [0.25, 0.3) is 5.56 Å². The van der Waals surface area contributed by atoms with Gasteiger partial charge in [0.05, 0.1) is 39.2 Å². The number of thiazole rings is 1. The Kier molecular flexibility index (Phi) is 8.45. The third-order valence-electron chi connectivity index (χ3n) is 5.62. The number of carbonyl (C=O) groups excluding carboxylic acids is 1. The lowest BCUT2D eigenvalue weighted by Gasteiger charge is -2.26. The fraction of sp³-hybridized carbons (Fsp3) is 0.296. The first-order chi connectivity index (χ1) is 17.7. The smallest absolute Gasteiger partial charge is 0.338 e. The number of hydrogen-bond donors (Lipinski definition) is 0. The Balaban J connectivity index is 2.01. The lowest BCUT2D eigenvalue weighted by molar-refractivity contribution is -0.139. The second kappa shape index (κ2) is 11.4. The Morgan fingerprint density at radius 2 is 2.03 bits per heavy atom. The third kappa shape index (κ3) is 5.49. The number of hydrogen-bond acceptors (Lipinski definition) is 7. The van der Waals surface area contributed by atoms with Crippen LogP contribution in [0.3, 0.4) is 0 Å². The van der Waals surface area contributed by atoms with E-state index in [1.165, 1.54) is 11.3 Å². The van der Waals surface area contributed by atoms with Gasteiger partial charge in [-0.05, 0) is 74.6 Å². The van der Waals surface area contributed by atoms with E-state index in [4.69, 9.17) is 25.8 Å². The second-order valence-corrected chi connectivity index (χ2v) is 11.1. The Morgan fingerprint density at radius 1 is 1.30 bits per heavy atom. The Morgan fingerprint density at radius 3 is 2.70 bits per heavy atom. The number of ether oxygens (including phenoxy) is 3. The number of fused-ring (bicyclic) bond motifs is 1. The van der Waals surface area contributed by atoms with Gasteiger partial charge in [0.1, 0.15) is 17.5 Å². The maximum Gasteiger partial charge on any atom is 0.338 e. The molecule has 1 aliphatic heterocycles. The zero-order chi connectivity index (χ0) is 26.9. The van der Waals surface area contributed by atoms with Crippen LogP contribution in [-0.4, -0.2) is 30.4 Å². The Labute approximate surface area is 237 Å². The second-order valence-electron chi connectivity index (χ2n) is 8.52. The van der Waals surface area contributed by atoms with Crippen molar-refractivity contribution in [3.63, 3.8) is 0 Å². The summed E-state index contributed by atoms with van der Waals surface area (Å²) < 4.78 is 19.8. The molecule has 0 N–H and O–H groups in total. The predicted molar refractivity (Wildman–Crippen MR) is 153 cm³/mol. The van der Waals surface area contributed by atoms with Crippen LogP contribution in [0.2, 0.25) is 5.02 Å². The lowest BCUT2D eigenvalue weighted by atomic mass is 9.95. The summed E-state index contributed by atoms with van der Waals surface area (Å²) in [6, 6.07) is 10.2. The molecule has 1 atom stereocenters. The van der Waals surface area contributed by atoms with Crippen LogP contribution in [0.5, 0.6) is 11.5 Å². The highest BCUT2D eigenvalue weighted by Gasteiger charge is 2.35. The van der Waals surface area contributed by atoms with Crippen molar-refractivity contribution in [2.24, 2.45) is 4.99 Å². The van der Waals surface area contributed by atoms with Gasteiger partial charge in [0.15, 0.2) is 4.80 Å². The van der Waals surface area contributed by atoms with Gasteiger partial charge in [-0.1, -0.05) is 41.1 Å². The number of para-hydroxylation sites is 1. The average molecular weight is 653 g/mol. The number of methoxy groups -OCH3 is 1. The van der Waals surface area contributed by atoms with E-state index < -0.39 is 12.0 Å². The van der Waals surface area contributed by atoms with Crippen molar-refractivity contribution in [2.45, 2.75) is 39.8 Å². The van der Waals surface area contributed by atoms with E-state index in [0.717, 1.165) is 3.57 Å². The number of esters is 1. The fourth-order valence-electron chi connectivity index (χ4n) is 4.20. The van der Waals surface area contributed by atoms with E-state index in [9.17, 15) is 9.59 Å². The fourth-order valence-corrected chi connectivity index (χ4v) is 6.51. The van der Waals surface area contributed by atoms with E-state index in [1.807, 2.05) is 38.1 Å². The zero-order valence-corrected chi connectivity index (χ0v) is 24.7. The lowest BCUT2D eigenvalue weighted by Crippen LogP contribution is -2.40. The molecule has 0 unspecified atom stereocenters. The van der Waals surface area contributed by atoms with E-state index in [-0.39, 0.29) is 18.3 Å². The van der Waals surface area contributed by atoms with Crippen LogP contribution in [0.4, 0.5) is 0 Å². The van der Waals surface area contributed by atoms with Gasteiger partial charge in [-0.3, -0.25) is 9.36 Å². The highest BCUT2D eigenvalue weighted by atomic mass is 127. The zero-order valence-electron chi connectivity index (χ0n) is 21.0. The van der Waals surface area contributed by atoms with Crippen LogP contribution in [0.1, 0.15) is 44.9 Å². The molecule has 0 amide bonds. The standard InChI is InChI=1S/C27H26ClIN2O5S/c1-6-35-26(33)22-15(4)30-27-31(23(22)18-9-7-8-10-20(18)36-14(2)3)25(32)21(37-27)12-16-11-17(28)13-19(29)24(16)34-5/h7-14,23H,6H2,1-5H3/b21-12-/t23-/m1/s1. The van der Waals surface area contributed by atoms with Crippen molar-refractivity contribution in [1.82, 2.24) is 4.57 Å². The van der Waals surface area contributed by atoms with Gasteiger partial charge in [-0.2, -0.15) is 0 Å². The molecular weight excluding hydrogens is 627 g/mol. The maximum absolute atomic E-state index is 13.9. The number of benzene rings is 2. The quantitative estimate of drug-likeness (QED) is 0.270. The molecule has 0 radical (unpaired) electrons. The summed E-state index contributed by atoms with van der Waals surface area (Å²) in [6.45, 7) is 7.55. The van der Waals surface area contributed by atoms with Crippen LogP contribution < -0.4 is 24.4 Å². The minimum Gasteiger partial charge on any atom is -0.495 e. The van der Waals surface area contributed by atoms with Gasteiger partial charge >= 0.3 is 5.97 Å². The molecule has 0 saturated heterocycles. The molecule has 0 aliphatic carbocycles. The monoisotopic (exact) mass is 652 g/mol. The van der Waals surface area contributed by atoms with Gasteiger partial charge in [0.2, 0.25) is 0 Å². The molecule has 0 saturated carbocycles. The number of nitrogens with zero attached hydrogens (tertiary/aromatic N) is 2. The molecule has 2 aromatic carbocycles. The van der Waals surface area contributed by atoms with Crippen LogP contribution >= 0.6 is 45.5 Å². The van der Waals surface area contributed by atoms with Crippen molar-refractivity contribution in [1.29, 1.82) is 0 Å². The van der Waals surface area contributed by atoms with E-state index in [1.54, 1.807) is 43.7 Å². The van der Waals surface area contributed by atoms with E-state index in [2.05, 4.69) is 27.6 Å². The van der Waals surface area contributed by atoms with Crippen molar-refractivity contribution in [3.05, 3.63) is 87.1 Å². The summed E-state index contributed by atoms with van der Waals surface area (Å²) in [5.41, 5.74) is 1.85. The van der Waals surface area contributed by atoms with Gasteiger partial charge in [-0.15, -0.1) is 0 Å². The van der Waals surface area contributed by atoms with Crippen LogP contribution in [0, 0.1) is 3.57 Å². The highest BCUT2D eigenvalue weighted by Crippen LogP contribution is 2.36. The SMILES string of the molecule is CCOC(=O)C1=C(C)N=c2s/c(=C\c3cc(Cl)cc(I)c3OC)c(=O)n2[C@@H]1c1ccccc1OC(C)C. The molecule has 1 aliphatic rings. The molecule has 37 heavy (non-hydrogen) atoms. The number of carbonyl (C=O) groups is 1. The molecule has 10 heteroatoms. The van der Waals surface area contributed by atoms with Crippen molar-refractivity contribution < 1.29 is 19.0 Å². The molecular formula is C27H26ClIN2O5S. The molecule has 7 nitrogen and oxygen atoms in total. The molecule has 0 bridgehead atoms. The van der Waals surface area contributed by atoms with Gasteiger partial charge < -0.3 is 14.2 Å². The first-order valence-electron chi connectivity index (χ1n) is 11.6. The number of halogens is 2. The van der Waals surface area contributed by atoms with Crippen molar-refractivity contribution >= 4 is 57.6 Å².